The lowest BCUT2D eigenvalue weighted by atomic mass is 9.90. The summed E-state index contributed by atoms with van der Waals surface area (Å²) in [6.07, 6.45) is -3.73. The first-order chi connectivity index (χ1) is 14.2. The molecule has 0 saturated carbocycles. The van der Waals surface area contributed by atoms with Crippen LogP contribution in [-0.4, -0.2) is 46.8 Å². The van der Waals surface area contributed by atoms with Gasteiger partial charge in [-0.15, -0.1) is 13.2 Å². The van der Waals surface area contributed by atoms with Crippen LogP contribution in [0.1, 0.15) is 12.0 Å². The summed E-state index contributed by atoms with van der Waals surface area (Å²) >= 11 is 5.92. The van der Waals surface area contributed by atoms with Gasteiger partial charge in [-0.2, -0.15) is 9.03 Å². The highest BCUT2D eigenvalue weighted by molar-refractivity contribution is 7.89. The van der Waals surface area contributed by atoms with Gasteiger partial charge in [-0.1, -0.05) is 23.7 Å². The maximum atomic E-state index is 13.0. The van der Waals surface area contributed by atoms with Crippen LogP contribution in [0.4, 0.5) is 13.2 Å². The average Bonchev–Trinajstić information content (AvgIpc) is 3.06. The van der Waals surface area contributed by atoms with Gasteiger partial charge in [0.15, 0.2) is 0 Å². The normalized spacial score (nSPS) is 20.7. The third-order valence-electron chi connectivity index (χ3n) is 4.80. The highest BCUT2D eigenvalue weighted by Crippen LogP contribution is 2.36. The lowest BCUT2D eigenvalue weighted by molar-refractivity contribution is -0.274. The zero-order chi connectivity index (χ0) is 23.1. The molecule has 3 rings (SSSR count). The molecule has 1 aliphatic rings. The number of sulfonamides is 2. The Balaban J connectivity index is 1.95. The fourth-order valence-electron chi connectivity index (χ4n) is 3.34. The van der Waals surface area contributed by atoms with Crippen LogP contribution in [0.15, 0.2) is 53.4 Å². The van der Waals surface area contributed by atoms with Gasteiger partial charge in [0, 0.05) is 18.1 Å². The molecule has 0 amide bonds. The van der Waals surface area contributed by atoms with Crippen molar-refractivity contribution in [2.24, 2.45) is 0 Å². The van der Waals surface area contributed by atoms with E-state index in [1.807, 2.05) is 0 Å². The molecule has 1 aliphatic heterocycles. The van der Waals surface area contributed by atoms with Crippen molar-refractivity contribution in [3.8, 4) is 5.75 Å². The Bertz CT molecular complexity index is 1150. The van der Waals surface area contributed by atoms with Crippen LogP contribution < -0.4 is 9.46 Å². The first-order valence-corrected chi connectivity index (χ1v) is 12.5. The van der Waals surface area contributed by atoms with E-state index in [0.717, 1.165) is 34.8 Å². The van der Waals surface area contributed by atoms with Crippen molar-refractivity contribution in [3.05, 3.63) is 59.1 Å². The monoisotopic (exact) mass is 498 g/mol. The fraction of sp³-hybridized carbons (Fsp3) is 0.333. The minimum Gasteiger partial charge on any atom is -0.406 e. The van der Waals surface area contributed by atoms with E-state index in [1.165, 1.54) is 0 Å². The Hall–Kier alpha value is -1.86. The summed E-state index contributed by atoms with van der Waals surface area (Å²) in [4.78, 5) is -0.298. The molecule has 31 heavy (non-hydrogen) atoms. The molecular weight excluding hydrogens is 481 g/mol. The average molecular weight is 499 g/mol. The molecule has 1 saturated heterocycles. The number of ether oxygens (including phenoxy) is 1. The highest BCUT2D eigenvalue weighted by atomic mass is 35.5. The molecule has 1 N–H and O–H groups in total. The van der Waals surface area contributed by atoms with Crippen molar-refractivity contribution in [3.63, 3.8) is 0 Å². The lowest BCUT2D eigenvalue weighted by Crippen LogP contribution is -2.48. The third-order valence-corrected chi connectivity index (χ3v) is 7.85. The molecular formula is C18H18ClF3N2O5S2. The van der Waals surface area contributed by atoms with Gasteiger partial charge >= 0.3 is 6.36 Å². The van der Waals surface area contributed by atoms with Gasteiger partial charge in [0.25, 0.3) is 0 Å². The SMILES string of the molecule is CS(=O)(=O)N1CC[C@@](NS(=O)(=O)c2ccc(OC(F)(F)F)cc2)(c2ccc(Cl)cc2)C1. The first-order valence-electron chi connectivity index (χ1n) is 8.81. The maximum Gasteiger partial charge on any atom is 0.573 e. The molecule has 13 heteroatoms. The summed E-state index contributed by atoms with van der Waals surface area (Å²) in [7, 11) is -7.81. The predicted octanol–water partition coefficient (Wildman–Crippen LogP) is 3.08. The second-order valence-corrected chi connectivity index (χ2v) is 11.2. The third kappa shape index (κ3) is 5.69. The van der Waals surface area contributed by atoms with Crippen LogP contribution in [0.3, 0.4) is 0 Å². The van der Waals surface area contributed by atoms with Crippen LogP contribution in [0.5, 0.6) is 5.75 Å². The molecule has 0 aromatic heterocycles. The second-order valence-electron chi connectivity index (χ2n) is 7.06. The minimum atomic E-state index is -4.91. The summed E-state index contributed by atoms with van der Waals surface area (Å²) in [6.45, 7) is -0.0652. The smallest absolute Gasteiger partial charge is 0.406 e. The summed E-state index contributed by atoms with van der Waals surface area (Å²) in [5, 5.41) is 0.417. The van der Waals surface area contributed by atoms with Gasteiger partial charge in [-0.25, -0.2) is 16.8 Å². The minimum absolute atomic E-state index is 0.0857. The van der Waals surface area contributed by atoms with E-state index < -0.39 is 37.7 Å². The van der Waals surface area contributed by atoms with Crippen molar-refractivity contribution in [1.29, 1.82) is 0 Å². The number of nitrogens with one attached hydrogen (secondary N) is 1. The number of hydrogen-bond donors (Lipinski definition) is 1. The Morgan fingerprint density at radius 2 is 1.61 bits per heavy atom. The predicted molar refractivity (Wildman–Crippen MR) is 108 cm³/mol. The molecule has 170 valence electrons. The van der Waals surface area contributed by atoms with Gasteiger partial charge in [0.05, 0.1) is 16.7 Å². The zero-order valence-corrected chi connectivity index (χ0v) is 18.4. The van der Waals surface area contributed by atoms with E-state index in [-0.39, 0.29) is 24.4 Å². The van der Waals surface area contributed by atoms with Gasteiger partial charge < -0.3 is 4.74 Å². The standard InChI is InChI=1S/C18H18ClF3N2O5S2/c1-30(25,26)24-11-10-17(12-24,13-2-4-14(19)5-3-13)23-31(27,28)16-8-6-15(7-9-16)29-18(20,21)22/h2-9,23H,10-12H2,1H3/t17-/m0/s1. The van der Waals surface area contributed by atoms with E-state index in [2.05, 4.69) is 9.46 Å². The van der Waals surface area contributed by atoms with Gasteiger partial charge in [0.1, 0.15) is 5.75 Å². The largest absolute Gasteiger partial charge is 0.573 e. The van der Waals surface area contributed by atoms with Crippen LogP contribution in [0, 0.1) is 0 Å². The molecule has 0 spiro atoms. The number of hydrogen-bond acceptors (Lipinski definition) is 5. The zero-order valence-electron chi connectivity index (χ0n) is 16.1. The maximum absolute atomic E-state index is 13.0. The second kappa shape index (κ2) is 8.24. The summed E-state index contributed by atoms with van der Waals surface area (Å²) < 4.78 is 94.5. The van der Waals surface area contributed by atoms with Crippen LogP contribution in [0.25, 0.3) is 0 Å². The molecule has 7 nitrogen and oxygen atoms in total. The number of alkyl halides is 3. The molecule has 2 aromatic rings. The van der Waals surface area contributed by atoms with Crippen molar-refractivity contribution in [1.82, 2.24) is 9.03 Å². The Morgan fingerprint density at radius 3 is 2.10 bits per heavy atom. The van der Waals surface area contributed by atoms with Crippen molar-refractivity contribution >= 4 is 31.6 Å². The van der Waals surface area contributed by atoms with Crippen LogP contribution in [-0.2, 0) is 25.6 Å². The Morgan fingerprint density at radius 1 is 1.03 bits per heavy atom. The van der Waals surface area contributed by atoms with E-state index >= 15 is 0 Å². The molecule has 0 bridgehead atoms. The van der Waals surface area contributed by atoms with Crippen LogP contribution >= 0.6 is 11.6 Å². The van der Waals surface area contributed by atoms with E-state index in [0.29, 0.717) is 10.6 Å². The quantitative estimate of drug-likeness (QED) is 0.660. The topological polar surface area (TPSA) is 92.8 Å². The Labute approximate surface area is 182 Å². The molecule has 1 heterocycles. The molecule has 0 radical (unpaired) electrons. The Kier molecular flexibility index (Phi) is 6.33. The lowest BCUT2D eigenvalue weighted by Gasteiger charge is -2.31. The van der Waals surface area contributed by atoms with E-state index in [9.17, 15) is 30.0 Å². The number of nitrogens with zero attached hydrogens (tertiary/aromatic N) is 1. The molecule has 1 fully saturated rings. The van der Waals surface area contributed by atoms with Crippen molar-refractivity contribution < 1.29 is 34.7 Å². The molecule has 2 aromatic carbocycles. The highest BCUT2D eigenvalue weighted by Gasteiger charge is 2.45. The van der Waals surface area contributed by atoms with E-state index in [1.54, 1.807) is 24.3 Å². The number of benzene rings is 2. The summed E-state index contributed by atoms with van der Waals surface area (Å²) in [5.74, 6) is -0.567. The first kappa shape index (κ1) is 23.8. The fourth-order valence-corrected chi connectivity index (χ4v) is 5.76. The van der Waals surface area contributed by atoms with Gasteiger partial charge in [-0.05, 0) is 48.4 Å². The van der Waals surface area contributed by atoms with Crippen molar-refractivity contribution in [2.45, 2.75) is 23.2 Å². The summed E-state index contributed by atoms with van der Waals surface area (Å²) in [5.41, 5.74) is -0.781. The summed E-state index contributed by atoms with van der Waals surface area (Å²) in [6, 6.07) is 10.0. The molecule has 0 aliphatic carbocycles. The van der Waals surface area contributed by atoms with Gasteiger partial charge in [0.2, 0.25) is 20.0 Å². The molecule has 1 atom stereocenters. The van der Waals surface area contributed by atoms with Gasteiger partial charge in [-0.3, -0.25) is 0 Å². The number of halogens is 4. The van der Waals surface area contributed by atoms with Crippen LogP contribution in [0.2, 0.25) is 5.02 Å². The van der Waals surface area contributed by atoms with E-state index in [4.69, 9.17) is 11.6 Å². The van der Waals surface area contributed by atoms with Crippen molar-refractivity contribution in [2.75, 3.05) is 19.3 Å². The molecule has 0 unspecified atom stereocenters. The number of rotatable bonds is 6.